The van der Waals surface area contributed by atoms with Gasteiger partial charge in [0.1, 0.15) is 5.70 Å². The number of nitrogens with two attached hydrogens (primary N) is 1. The van der Waals surface area contributed by atoms with Crippen molar-refractivity contribution in [3.63, 3.8) is 0 Å². The van der Waals surface area contributed by atoms with Crippen LogP contribution in [0.5, 0.6) is 0 Å². The van der Waals surface area contributed by atoms with E-state index in [-0.39, 0.29) is 18.8 Å². The summed E-state index contributed by atoms with van der Waals surface area (Å²) in [6.07, 6.45) is 1.23. The number of anilines is 2. The summed E-state index contributed by atoms with van der Waals surface area (Å²) in [5.74, 6) is -0.880. The van der Waals surface area contributed by atoms with Crippen LogP contribution in [0.2, 0.25) is 0 Å². The molecule has 0 atom stereocenters. The predicted octanol–water partition coefficient (Wildman–Crippen LogP) is 0.844. The van der Waals surface area contributed by atoms with Crippen molar-refractivity contribution in [2.24, 2.45) is 0 Å². The van der Waals surface area contributed by atoms with E-state index in [1.165, 1.54) is 17.4 Å². The van der Waals surface area contributed by atoms with Crippen LogP contribution in [0.25, 0.3) is 10.2 Å². The van der Waals surface area contributed by atoms with Gasteiger partial charge in [0.15, 0.2) is 5.13 Å². The molecule has 0 saturated heterocycles. The monoisotopic (exact) mass is 318 g/mol. The first-order valence-electron chi connectivity index (χ1n) is 6.61. The highest BCUT2D eigenvalue weighted by Crippen LogP contribution is 2.30. The maximum absolute atomic E-state index is 12.1. The molecule has 2 amide bonds. The van der Waals surface area contributed by atoms with Crippen LogP contribution < -0.4 is 11.1 Å². The van der Waals surface area contributed by atoms with Gasteiger partial charge >= 0.3 is 0 Å². The number of hydrogen-bond donors (Lipinski definition) is 3. The number of benzene rings is 1. The SMILES string of the molecule is Cc1cc2sc(N)nc2cc1NC1=CC(=O)N(CCO)C1=O. The van der Waals surface area contributed by atoms with Gasteiger partial charge < -0.3 is 16.2 Å². The van der Waals surface area contributed by atoms with Gasteiger partial charge in [-0.25, -0.2) is 4.98 Å². The molecule has 0 saturated carbocycles. The number of amides is 2. The van der Waals surface area contributed by atoms with Gasteiger partial charge in [-0.1, -0.05) is 11.3 Å². The summed E-state index contributed by atoms with van der Waals surface area (Å²) in [5.41, 5.74) is 8.22. The number of aromatic nitrogens is 1. The molecular formula is C14H14N4O3S. The highest BCUT2D eigenvalue weighted by atomic mass is 32.1. The van der Waals surface area contributed by atoms with Crippen molar-refractivity contribution < 1.29 is 14.7 Å². The van der Waals surface area contributed by atoms with E-state index in [9.17, 15) is 9.59 Å². The molecule has 0 fully saturated rings. The third kappa shape index (κ3) is 2.42. The Labute approximate surface area is 130 Å². The van der Waals surface area contributed by atoms with E-state index in [0.717, 1.165) is 20.7 Å². The Morgan fingerprint density at radius 2 is 2.18 bits per heavy atom. The third-order valence-corrected chi connectivity index (χ3v) is 4.20. The standard InChI is InChI=1S/C14H14N4O3S/c1-7-4-11-9(17-14(15)22-11)5-8(7)16-10-6-12(20)18(2-3-19)13(10)21/h4-6,16,19H,2-3H2,1H3,(H2,15,17). The molecule has 2 aromatic rings. The number of nitrogens with one attached hydrogen (secondary N) is 1. The van der Waals surface area contributed by atoms with Crippen molar-refractivity contribution in [2.75, 3.05) is 24.2 Å². The Morgan fingerprint density at radius 1 is 1.41 bits per heavy atom. The van der Waals surface area contributed by atoms with Crippen molar-refractivity contribution in [3.05, 3.63) is 29.5 Å². The lowest BCUT2D eigenvalue weighted by Crippen LogP contribution is -2.34. The van der Waals surface area contributed by atoms with Crippen LogP contribution >= 0.6 is 11.3 Å². The lowest BCUT2D eigenvalue weighted by atomic mass is 10.2. The minimum absolute atomic E-state index is 0.0139. The highest BCUT2D eigenvalue weighted by Gasteiger charge is 2.30. The fourth-order valence-electron chi connectivity index (χ4n) is 2.28. The molecule has 0 unspecified atom stereocenters. The quantitative estimate of drug-likeness (QED) is 0.721. The summed E-state index contributed by atoms with van der Waals surface area (Å²) in [7, 11) is 0. The summed E-state index contributed by atoms with van der Waals surface area (Å²) in [6.45, 7) is 1.62. The van der Waals surface area contributed by atoms with Crippen LogP contribution in [-0.2, 0) is 9.59 Å². The Bertz CT molecular complexity index is 812. The minimum Gasteiger partial charge on any atom is -0.395 e. The van der Waals surface area contributed by atoms with Crippen molar-refractivity contribution in [1.82, 2.24) is 9.88 Å². The van der Waals surface area contributed by atoms with E-state index in [2.05, 4.69) is 10.3 Å². The molecule has 7 nitrogen and oxygen atoms in total. The molecule has 0 spiro atoms. The zero-order valence-electron chi connectivity index (χ0n) is 11.8. The number of aliphatic hydroxyl groups is 1. The molecule has 3 rings (SSSR count). The van der Waals surface area contributed by atoms with Gasteiger partial charge in [0, 0.05) is 11.8 Å². The van der Waals surface area contributed by atoms with Gasteiger partial charge in [-0.05, 0) is 24.6 Å². The molecule has 0 aliphatic carbocycles. The second-order valence-electron chi connectivity index (χ2n) is 4.89. The van der Waals surface area contributed by atoms with Crippen LogP contribution in [0.1, 0.15) is 5.56 Å². The zero-order valence-corrected chi connectivity index (χ0v) is 12.6. The van der Waals surface area contributed by atoms with Crippen LogP contribution in [0.3, 0.4) is 0 Å². The number of carbonyl (C=O) groups excluding carboxylic acids is 2. The van der Waals surface area contributed by atoms with Crippen molar-refractivity contribution >= 4 is 44.2 Å². The van der Waals surface area contributed by atoms with Gasteiger partial charge in [-0.15, -0.1) is 0 Å². The smallest absolute Gasteiger partial charge is 0.277 e. The predicted molar refractivity (Wildman–Crippen MR) is 84.3 cm³/mol. The summed E-state index contributed by atoms with van der Waals surface area (Å²) in [5, 5.41) is 12.3. The largest absolute Gasteiger partial charge is 0.395 e. The van der Waals surface area contributed by atoms with Gasteiger partial charge in [0.05, 0.1) is 23.4 Å². The first kappa shape index (κ1) is 14.5. The number of imide groups is 1. The van der Waals surface area contributed by atoms with E-state index in [4.69, 9.17) is 10.8 Å². The number of β-amino-alcohol motifs (C(OH)–C–C–N with tert-alkyl or cyclic N) is 1. The van der Waals surface area contributed by atoms with Crippen LogP contribution in [0, 0.1) is 6.92 Å². The second kappa shape index (κ2) is 5.39. The van der Waals surface area contributed by atoms with E-state index in [1.54, 1.807) is 6.07 Å². The number of nitrogens with zero attached hydrogens (tertiary/aromatic N) is 2. The first-order valence-corrected chi connectivity index (χ1v) is 7.43. The lowest BCUT2D eigenvalue weighted by Gasteiger charge is -2.14. The first-order chi connectivity index (χ1) is 10.5. The molecule has 22 heavy (non-hydrogen) atoms. The second-order valence-corrected chi connectivity index (χ2v) is 5.95. The zero-order chi connectivity index (χ0) is 15.9. The molecule has 114 valence electrons. The van der Waals surface area contributed by atoms with E-state index >= 15 is 0 Å². The number of nitrogen functional groups attached to an aromatic ring is 1. The molecule has 1 aromatic carbocycles. The van der Waals surface area contributed by atoms with E-state index in [1.807, 2.05) is 13.0 Å². The molecule has 0 bridgehead atoms. The summed E-state index contributed by atoms with van der Waals surface area (Å²) in [4.78, 5) is 29.1. The summed E-state index contributed by atoms with van der Waals surface area (Å²) < 4.78 is 0.963. The fraction of sp³-hybridized carbons (Fsp3) is 0.214. The van der Waals surface area contributed by atoms with Gasteiger partial charge in [-0.3, -0.25) is 14.5 Å². The van der Waals surface area contributed by atoms with Crippen molar-refractivity contribution in [1.29, 1.82) is 0 Å². The number of fused-ring (bicyclic) bond motifs is 1. The van der Waals surface area contributed by atoms with Crippen molar-refractivity contribution in [2.45, 2.75) is 6.92 Å². The number of thiazole rings is 1. The van der Waals surface area contributed by atoms with Crippen LogP contribution in [0.15, 0.2) is 23.9 Å². The molecule has 0 radical (unpaired) electrons. The number of rotatable bonds is 4. The molecular weight excluding hydrogens is 304 g/mol. The summed E-state index contributed by atoms with van der Waals surface area (Å²) in [6, 6.07) is 3.73. The Morgan fingerprint density at radius 3 is 2.91 bits per heavy atom. The Balaban J connectivity index is 1.90. The molecule has 1 aliphatic heterocycles. The minimum atomic E-state index is -0.448. The lowest BCUT2D eigenvalue weighted by molar-refractivity contribution is -0.137. The normalized spacial score (nSPS) is 14.8. The van der Waals surface area contributed by atoms with Crippen LogP contribution in [-0.4, -0.2) is 40.0 Å². The topological polar surface area (TPSA) is 109 Å². The molecule has 2 heterocycles. The molecule has 8 heteroatoms. The Hall–Kier alpha value is -2.45. The molecule has 1 aliphatic rings. The van der Waals surface area contributed by atoms with E-state index in [0.29, 0.717) is 10.8 Å². The maximum atomic E-state index is 12.1. The average Bonchev–Trinajstić information content (AvgIpc) is 2.93. The fourth-order valence-corrected chi connectivity index (χ4v) is 3.10. The van der Waals surface area contributed by atoms with E-state index < -0.39 is 11.8 Å². The Kier molecular flexibility index (Phi) is 3.55. The number of aryl methyl sites for hydroxylation is 1. The maximum Gasteiger partial charge on any atom is 0.277 e. The number of aliphatic hydroxyl groups excluding tert-OH is 1. The van der Waals surface area contributed by atoms with Crippen molar-refractivity contribution in [3.8, 4) is 0 Å². The van der Waals surface area contributed by atoms with Gasteiger partial charge in [0.25, 0.3) is 11.8 Å². The van der Waals surface area contributed by atoms with Gasteiger partial charge in [-0.2, -0.15) is 0 Å². The third-order valence-electron chi connectivity index (χ3n) is 3.35. The summed E-state index contributed by atoms with van der Waals surface area (Å²) >= 11 is 1.39. The molecule has 4 N–H and O–H groups in total. The molecule has 1 aromatic heterocycles. The average molecular weight is 318 g/mol. The van der Waals surface area contributed by atoms with Gasteiger partial charge in [0.2, 0.25) is 0 Å². The van der Waals surface area contributed by atoms with Crippen LogP contribution in [0.4, 0.5) is 10.8 Å². The number of carbonyl (C=O) groups is 2. The highest BCUT2D eigenvalue weighted by molar-refractivity contribution is 7.22. The number of hydrogen-bond acceptors (Lipinski definition) is 7.